The normalized spacial score (nSPS) is 12.0. The molecule has 30 heavy (non-hydrogen) atoms. The van der Waals surface area contributed by atoms with Gasteiger partial charge in [0.25, 0.3) is 0 Å². The Hall–Kier alpha value is -3.81. The molecule has 0 saturated heterocycles. The molecule has 8 heteroatoms. The first-order valence-electron chi connectivity index (χ1n) is 8.96. The van der Waals surface area contributed by atoms with Gasteiger partial charge in [0.15, 0.2) is 5.65 Å². The van der Waals surface area contributed by atoms with Crippen LogP contribution in [0, 0.1) is 5.82 Å². The summed E-state index contributed by atoms with van der Waals surface area (Å²) in [5, 5.41) is 1.57. The van der Waals surface area contributed by atoms with Crippen LogP contribution in [0.1, 0.15) is 5.56 Å². The molecule has 0 atom stereocenters. The van der Waals surface area contributed by atoms with Crippen LogP contribution in [0.15, 0.2) is 73.3 Å². The zero-order valence-electron chi connectivity index (χ0n) is 15.2. The van der Waals surface area contributed by atoms with E-state index in [0.717, 1.165) is 23.0 Å². The Balaban J connectivity index is 1.81. The molecule has 0 N–H and O–H groups in total. The summed E-state index contributed by atoms with van der Waals surface area (Å²) in [5.74, 6) is -0.793. The van der Waals surface area contributed by atoms with E-state index in [1.165, 1.54) is 6.20 Å². The van der Waals surface area contributed by atoms with Crippen molar-refractivity contribution < 1.29 is 17.6 Å². The standard InChI is InChI=1S/C22H12F4N4/c23-17-4-3-14(22(24,25)26)10-16(17)18-11-20(15-2-1-7-28-21(15)29-18)30-9-6-13-12-27-8-5-19(13)30/h1-12H. The minimum absolute atomic E-state index is 0.0655. The van der Waals surface area contributed by atoms with E-state index in [9.17, 15) is 17.6 Å². The van der Waals surface area contributed by atoms with E-state index < -0.39 is 17.6 Å². The van der Waals surface area contributed by atoms with Gasteiger partial charge in [-0.05, 0) is 48.5 Å². The van der Waals surface area contributed by atoms with E-state index in [1.54, 1.807) is 24.5 Å². The number of alkyl halides is 3. The van der Waals surface area contributed by atoms with Crippen molar-refractivity contribution in [1.29, 1.82) is 0 Å². The first-order valence-corrected chi connectivity index (χ1v) is 8.96. The van der Waals surface area contributed by atoms with E-state index in [0.29, 0.717) is 22.8 Å². The third-order valence-corrected chi connectivity index (χ3v) is 4.88. The zero-order valence-corrected chi connectivity index (χ0v) is 15.2. The molecule has 4 heterocycles. The molecule has 4 nitrogen and oxygen atoms in total. The Morgan fingerprint density at radius 1 is 0.933 bits per heavy atom. The predicted molar refractivity (Wildman–Crippen MR) is 105 cm³/mol. The van der Waals surface area contributed by atoms with Crippen molar-refractivity contribution in [2.24, 2.45) is 0 Å². The fourth-order valence-electron chi connectivity index (χ4n) is 3.47. The Morgan fingerprint density at radius 2 is 1.80 bits per heavy atom. The highest BCUT2D eigenvalue weighted by Crippen LogP contribution is 2.35. The summed E-state index contributed by atoms with van der Waals surface area (Å²) in [5.41, 5.74) is 0.656. The van der Waals surface area contributed by atoms with Gasteiger partial charge in [0, 0.05) is 41.1 Å². The topological polar surface area (TPSA) is 43.6 Å². The van der Waals surface area contributed by atoms with Gasteiger partial charge in [-0.1, -0.05) is 0 Å². The van der Waals surface area contributed by atoms with Crippen molar-refractivity contribution in [2.75, 3.05) is 0 Å². The monoisotopic (exact) mass is 408 g/mol. The molecule has 0 aliphatic heterocycles. The van der Waals surface area contributed by atoms with E-state index in [4.69, 9.17) is 0 Å². The molecular weight excluding hydrogens is 396 g/mol. The van der Waals surface area contributed by atoms with Gasteiger partial charge in [0.2, 0.25) is 0 Å². The van der Waals surface area contributed by atoms with E-state index in [1.807, 2.05) is 29.0 Å². The minimum atomic E-state index is -4.59. The Morgan fingerprint density at radius 3 is 2.63 bits per heavy atom. The molecule has 0 bridgehead atoms. The average Bonchev–Trinajstić information content (AvgIpc) is 3.16. The van der Waals surface area contributed by atoms with Crippen LogP contribution in [-0.2, 0) is 6.18 Å². The number of hydrogen-bond donors (Lipinski definition) is 0. The van der Waals surface area contributed by atoms with E-state index in [-0.39, 0.29) is 11.3 Å². The maximum atomic E-state index is 14.5. The highest BCUT2D eigenvalue weighted by atomic mass is 19.4. The van der Waals surface area contributed by atoms with Crippen LogP contribution in [0.5, 0.6) is 0 Å². The number of halogens is 4. The van der Waals surface area contributed by atoms with Crippen LogP contribution in [0.25, 0.3) is 38.9 Å². The van der Waals surface area contributed by atoms with E-state index in [2.05, 4.69) is 15.0 Å². The van der Waals surface area contributed by atoms with Crippen LogP contribution in [0.4, 0.5) is 17.6 Å². The van der Waals surface area contributed by atoms with Gasteiger partial charge >= 0.3 is 6.18 Å². The molecular formula is C22H12F4N4. The summed E-state index contributed by atoms with van der Waals surface area (Å²) in [4.78, 5) is 12.7. The van der Waals surface area contributed by atoms with Crippen LogP contribution in [-0.4, -0.2) is 19.5 Å². The first-order chi connectivity index (χ1) is 14.4. The third kappa shape index (κ3) is 2.97. The number of fused-ring (bicyclic) bond motifs is 2. The first kappa shape index (κ1) is 18.2. The predicted octanol–water partition coefficient (Wildman–Crippen LogP) is 5.79. The molecule has 0 aliphatic carbocycles. The molecule has 0 spiro atoms. The lowest BCUT2D eigenvalue weighted by atomic mass is 10.0. The molecule has 1 aromatic carbocycles. The maximum Gasteiger partial charge on any atom is 0.416 e. The van der Waals surface area contributed by atoms with Gasteiger partial charge < -0.3 is 4.57 Å². The summed E-state index contributed by atoms with van der Waals surface area (Å²) in [7, 11) is 0. The number of benzene rings is 1. The second-order valence-electron chi connectivity index (χ2n) is 6.71. The molecule has 0 fully saturated rings. The smallest absolute Gasteiger partial charge is 0.316 e. The third-order valence-electron chi connectivity index (χ3n) is 4.88. The highest BCUT2D eigenvalue weighted by molar-refractivity contribution is 5.91. The Bertz CT molecular complexity index is 1410. The number of nitrogens with zero attached hydrogens (tertiary/aromatic N) is 4. The van der Waals surface area contributed by atoms with Crippen LogP contribution < -0.4 is 0 Å². The summed E-state index contributed by atoms with van der Waals surface area (Å²) in [6, 6.07) is 11.1. The van der Waals surface area contributed by atoms with Crippen molar-refractivity contribution in [1.82, 2.24) is 19.5 Å². The maximum absolute atomic E-state index is 14.5. The van der Waals surface area contributed by atoms with Gasteiger partial charge in [-0.2, -0.15) is 13.2 Å². The minimum Gasteiger partial charge on any atom is -0.316 e. The lowest BCUT2D eigenvalue weighted by Crippen LogP contribution is -2.06. The number of aromatic nitrogens is 4. The lowest BCUT2D eigenvalue weighted by molar-refractivity contribution is -0.137. The highest BCUT2D eigenvalue weighted by Gasteiger charge is 2.31. The van der Waals surface area contributed by atoms with Crippen molar-refractivity contribution in [3.63, 3.8) is 0 Å². The molecule has 5 rings (SSSR count). The van der Waals surface area contributed by atoms with Crippen molar-refractivity contribution >= 4 is 21.9 Å². The van der Waals surface area contributed by atoms with Gasteiger partial charge in [0.05, 0.1) is 22.5 Å². The summed E-state index contributed by atoms with van der Waals surface area (Å²) < 4.78 is 55.9. The fraction of sp³-hybridized carbons (Fsp3) is 0.0455. The fourth-order valence-corrected chi connectivity index (χ4v) is 3.47. The second-order valence-corrected chi connectivity index (χ2v) is 6.71. The van der Waals surface area contributed by atoms with Crippen molar-refractivity contribution in [3.05, 3.63) is 84.7 Å². The van der Waals surface area contributed by atoms with Gasteiger partial charge in [-0.3, -0.25) is 4.98 Å². The quantitative estimate of drug-likeness (QED) is 0.347. The van der Waals surface area contributed by atoms with E-state index >= 15 is 0 Å². The zero-order chi connectivity index (χ0) is 20.9. The molecule has 4 aromatic heterocycles. The van der Waals surface area contributed by atoms with Gasteiger partial charge in [-0.15, -0.1) is 0 Å². The van der Waals surface area contributed by atoms with Gasteiger partial charge in [-0.25, -0.2) is 14.4 Å². The van der Waals surface area contributed by atoms with Crippen LogP contribution in [0.2, 0.25) is 0 Å². The summed E-state index contributed by atoms with van der Waals surface area (Å²) >= 11 is 0. The molecule has 0 radical (unpaired) electrons. The second kappa shape index (κ2) is 6.62. The van der Waals surface area contributed by atoms with Crippen molar-refractivity contribution in [2.45, 2.75) is 6.18 Å². The number of pyridine rings is 3. The molecule has 0 aliphatic rings. The molecule has 0 saturated carbocycles. The van der Waals surface area contributed by atoms with Gasteiger partial charge in [0.1, 0.15) is 5.82 Å². The summed E-state index contributed by atoms with van der Waals surface area (Å²) in [6.07, 6.45) is 2.11. The van der Waals surface area contributed by atoms with Crippen LogP contribution in [0.3, 0.4) is 0 Å². The molecule has 148 valence electrons. The number of rotatable bonds is 2. The SMILES string of the molecule is Fc1ccc(C(F)(F)F)cc1-c1cc(-n2ccc3cnccc32)c2cccnc2n1. The number of hydrogen-bond acceptors (Lipinski definition) is 3. The average molecular weight is 408 g/mol. The molecule has 0 amide bonds. The summed E-state index contributed by atoms with van der Waals surface area (Å²) in [6.45, 7) is 0. The lowest BCUT2D eigenvalue weighted by Gasteiger charge is -2.13. The Labute approximate surface area is 167 Å². The Kier molecular flexibility index (Phi) is 4.02. The molecule has 0 unspecified atom stereocenters. The largest absolute Gasteiger partial charge is 0.416 e. The van der Waals surface area contributed by atoms with Crippen molar-refractivity contribution in [3.8, 4) is 16.9 Å². The molecule has 5 aromatic rings. The van der Waals surface area contributed by atoms with Crippen LogP contribution >= 0.6 is 0 Å².